The number of carbonyl (C=O) groups is 3. The molecule has 0 radical (unpaired) electrons. The van der Waals surface area contributed by atoms with Gasteiger partial charge in [-0.2, -0.15) is 0 Å². The maximum atomic E-state index is 12.3. The summed E-state index contributed by atoms with van der Waals surface area (Å²) in [6.07, 6.45) is 1.06. The number of nitrogens with one attached hydrogen (secondary N) is 3. The summed E-state index contributed by atoms with van der Waals surface area (Å²) in [5.41, 5.74) is -0.829. The van der Waals surface area contributed by atoms with Crippen molar-refractivity contribution >= 4 is 39.5 Å². The third-order valence-corrected chi connectivity index (χ3v) is 3.80. The van der Waals surface area contributed by atoms with Gasteiger partial charge in [-0.25, -0.2) is 9.59 Å². The van der Waals surface area contributed by atoms with Crippen LogP contribution in [0.2, 0.25) is 0 Å². The van der Waals surface area contributed by atoms with Crippen molar-refractivity contribution in [1.82, 2.24) is 10.6 Å². The van der Waals surface area contributed by atoms with E-state index < -0.39 is 29.5 Å². The van der Waals surface area contributed by atoms with Gasteiger partial charge in [0.15, 0.2) is 0 Å². The molecule has 0 aromatic heterocycles. The molecule has 1 aromatic carbocycles. The highest BCUT2D eigenvalue weighted by molar-refractivity contribution is 9.10. The van der Waals surface area contributed by atoms with E-state index in [9.17, 15) is 14.4 Å². The predicted molar refractivity (Wildman–Crippen MR) is 94.8 cm³/mol. The van der Waals surface area contributed by atoms with Gasteiger partial charge in [-0.05, 0) is 44.5 Å². The van der Waals surface area contributed by atoms with Crippen molar-refractivity contribution in [3.8, 4) is 0 Å². The molecule has 0 saturated heterocycles. The molecule has 0 aliphatic heterocycles. The van der Waals surface area contributed by atoms with Crippen LogP contribution in [0.3, 0.4) is 0 Å². The van der Waals surface area contributed by atoms with Crippen molar-refractivity contribution in [2.45, 2.75) is 45.2 Å². The Bertz CT molecular complexity index is 602. The van der Waals surface area contributed by atoms with Gasteiger partial charge in [0.05, 0.1) is 0 Å². The van der Waals surface area contributed by atoms with Gasteiger partial charge in [0.1, 0.15) is 11.6 Å². The number of hydrogen-bond donors (Lipinski definition) is 4. The minimum Gasteiger partial charge on any atom is -0.480 e. The molecule has 132 valence electrons. The fourth-order valence-electron chi connectivity index (χ4n) is 1.86. The Kier molecular flexibility index (Phi) is 7.21. The fraction of sp³-hybridized carbons (Fsp3) is 0.438. The summed E-state index contributed by atoms with van der Waals surface area (Å²) in [6, 6.07) is 5.64. The van der Waals surface area contributed by atoms with Crippen LogP contribution in [0.25, 0.3) is 0 Å². The number of carboxylic acid groups (broad SMARTS) is 1. The van der Waals surface area contributed by atoms with Crippen LogP contribution >= 0.6 is 15.9 Å². The van der Waals surface area contributed by atoms with Gasteiger partial charge in [-0.3, -0.25) is 4.79 Å². The Morgan fingerprint density at radius 1 is 1.21 bits per heavy atom. The molecule has 0 heterocycles. The highest BCUT2D eigenvalue weighted by Gasteiger charge is 2.32. The molecule has 7 nitrogen and oxygen atoms in total. The molecule has 0 unspecified atom stereocenters. The van der Waals surface area contributed by atoms with Crippen LogP contribution in [0.1, 0.15) is 33.6 Å². The number of rotatable bonds is 7. The summed E-state index contributed by atoms with van der Waals surface area (Å²) >= 11 is 3.30. The Labute approximate surface area is 149 Å². The average molecular weight is 400 g/mol. The summed E-state index contributed by atoms with van der Waals surface area (Å²) in [5, 5.41) is 16.7. The fourth-order valence-corrected chi connectivity index (χ4v) is 2.13. The number of hydrogen-bond acceptors (Lipinski definition) is 3. The SMILES string of the molecule is CCC[C@H](NC(=O)Nc1ccc(Br)cc1)C(=O)NC(C)(C)C(=O)O. The van der Waals surface area contributed by atoms with Crippen LogP contribution < -0.4 is 16.0 Å². The maximum Gasteiger partial charge on any atom is 0.328 e. The quantitative estimate of drug-likeness (QED) is 0.565. The van der Waals surface area contributed by atoms with E-state index in [1.165, 1.54) is 13.8 Å². The van der Waals surface area contributed by atoms with Crippen LogP contribution in [0, 0.1) is 0 Å². The first-order valence-corrected chi connectivity index (χ1v) is 8.33. The first-order valence-electron chi connectivity index (χ1n) is 7.54. The largest absolute Gasteiger partial charge is 0.480 e. The van der Waals surface area contributed by atoms with Crippen molar-refractivity contribution in [2.24, 2.45) is 0 Å². The van der Waals surface area contributed by atoms with Crippen molar-refractivity contribution < 1.29 is 19.5 Å². The molecule has 4 N–H and O–H groups in total. The third kappa shape index (κ3) is 6.19. The van der Waals surface area contributed by atoms with E-state index >= 15 is 0 Å². The van der Waals surface area contributed by atoms with E-state index in [0.29, 0.717) is 18.5 Å². The highest BCUT2D eigenvalue weighted by atomic mass is 79.9. The monoisotopic (exact) mass is 399 g/mol. The van der Waals surface area contributed by atoms with Gasteiger partial charge in [0, 0.05) is 10.2 Å². The molecule has 0 aliphatic carbocycles. The number of aliphatic carboxylic acids is 1. The second-order valence-electron chi connectivity index (χ2n) is 5.87. The van der Waals surface area contributed by atoms with Gasteiger partial charge in [-0.15, -0.1) is 0 Å². The number of urea groups is 1. The van der Waals surface area contributed by atoms with E-state index in [1.807, 2.05) is 6.92 Å². The Morgan fingerprint density at radius 2 is 1.79 bits per heavy atom. The molecule has 0 spiro atoms. The lowest BCUT2D eigenvalue weighted by Crippen LogP contribution is -2.56. The molecule has 1 atom stereocenters. The molecule has 0 saturated carbocycles. The first-order chi connectivity index (χ1) is 11.2. The Balaban J connectivity index is 2.70. The summed E-state index contributed by atoms with van der Waals surface area (Å²) in [7, 11) is 0. The normalized spacial score (nSPS) is 12.2. The van der Waals surface area contributed by atoms with E-state index in [-0.39, 0.29) is 0 Å². The van der Waals surface area contributed by atoms with E-state index in [4.69, 9.17) is 5.11 Å². The summed E-state index contributed by atoms with van der Waals surface area (Å²) in [6.45, 7) is 4.65. The molecule has 0 bridgehead atoms. The van der Waals surface area contributed by atoms with Crippen molar-refractivity contribution in [3.05, 3.63) is 28.7 Å². The van der Waals surface area contributed by atoms with E-state index in [2.05, 4.69) is 31.9 Å². The zero-order valence-corrected chi connectivity index (χ0v) is 15.4. The standard InChI is InChI=1S/C16H22BrN3O4/c1-4-5-12(13(21)20-16(2,3)14(22)23)19-15(24)18-11-8-6-10(17)7-9-11/h6-9,12H,4-5H2,1-3H3,(H,20,21)(H,22,23)(H2,18,19,24)/t12-/m0/s1. The Hall–Kier alpha value is -2.09. The number of anilines is 1. The van der Waals surface area contributed by atoms with Crippen molar-refractivity contribution in [2.75, 3.05) is 5.32 Å². The molecule has 0 aliphatic rings. The second kappa shape index (κ2) is 8.68. The van der Waals surface area contributed by atoms with Crippen LogP contribution in [0.5, 0.6) is 0 Å². The molecular weight excluding hydrogens is 378 g/mol. The van der Waals surface area contributed by atoms with E-state index in [0.717, 1.165) is 4.47 Å². The lowest BCUT2D eigenvalue weighted by atomic mass is 10.0. The minimum absolute atomic E-state index is 0.398. The molecule has 24 heavy (non-hydrogen) atoms. The van der Waals surface area contributed by atoms with Gasteiger partial charge >= 0.3 is 12.0 Å². The maximum absolute atomic E-state index is 12.3. The first kappa shape index (κ1) is 20.0. The minimum atomic E-state index is -1.41. The average Bonchev–Trinajstić information content (AvgIpc) is 2.48. The van der Waals surface area contributed by atoms with Crippen LogP contribution in [-0.4, -0.2) is 34.6 Å². The van der Waals surface area contributed by atoms with Gasteiger partial charge in [0.2, 0.25) is 5.91 Å². The molecule has 0 fully saturated rings. The van der Waals surface area contributed by atoms with Gasteiger partial charge in [-0.1, -0.05) is 29.3 Å². The van der Waals surface area contributed by atoms with Crippen molar-refractivity contribution in [1.29, 1.82) is 0 Å². The smallest absolute Gasteiger partial charge is 0.328 e. The summed E-state index contributed by atoms with van der Waals surface area (Å²) < 4.78 is 0.882. The van der Waals surface area contributed by atoms with E-state index in [1.54, 1.807) is 24.3 Å². The number of benzene rings is 1. The van der Waals surface area contributed by atoms with Crippen LogP contribution in [0.4, 0.5) is 10.5 Å². The van der Waals surface area contributed by atoms with Crippen LogP contribution in [-0.2, 0) is 9.59 Å². The zero-order chi connectivity index (χ0) is 18.3. The Morgan fingerprint density at radius 3 is 2.29 bits per heavy atom. The zero-order valence-electron chi connectivity index (χ0n) is 13.9. The lowest BCUT2D eigenvalue weighted by molar-refractivity contribution is -0.146. The molecule has 1 rings (SSSR count). The van der Waals surface area contributed by atoms with Crippen molar-refractivity contribution in [3.63, 3.8) is 0 Å². The van der Waals surface area contributed by atoms with Gasteiger partial charge < -0.3 is 21.1 Å². The summed E-state index contributed by atoms with van der Waals surface area (Å²) in [4.78, 5) is 35.4. The number of carbonyl (C=O) groups excluding carboxylic acids is 2. The van der Waals surface area contributed by atoms with Crippen LogP contribution in [0.15, 0.2) is 28.7 Å². The topological polar surface area (TPSA) is 108 Å². The third-order valence-electron chi connectivity index (χ3n) is 3.27. The summed E-state index contributed by atoms with van der Waals surface area (Å²) in [5.74, 6) is -1.68. The number of carboxylic acids is 1. The molecule has 1 aromatic rings. The molecule has 3 amide bonds. The van der Waals surface area contributed by atoms with Gasteiger partial charge in [0.25, 0.3) is 0 Å². The molecule has 8 heteroatoms. The lowest BCUT2D eigenvalue weighted by Gasteiger charge is -2.25. The molecular formula is C16H22BrN3O4. The highest BCUT2D eigenvalue weighted by Crippen LogP contribution is 2.14. The predicted octanol–water partition coefficient (Wildman–Crippen LogP) is 2.72. The number of halogens is 1. The second-order valence-corrected chi connectivity index (χ2v) is 6.78. The number of amides is 3.